The molecule has 1 heterocycles. The highest BCUT2D eigenvalue weighted by Crippen LogP contribution is 2.21. The lowest BCUT2D eigenvalue weighted by atomic mass is 10.1. The van der Waals surface area contributed by atoms with Gasteiger partial charge < -0.3 is 15.5 Å². The summed E-state index contributed by atoms with van der Waals surface area (Å²) in [6.45, 7) is 3.96. The summed E-state index contributed by atoms with van der Waals surface area (Å²) in [6.07, 6.45) is 0.722. The van der Waals surface area contributed by atoms with E-state index in [4.69, 9.17) is 4.42 Å². The Balaban J connectivity index is 1.53. The van der Waals surface area contributed by atoms with Crippen molar-refractivity contribution in [3.8, 4) is 0 Å². The molecule has 6 nitrogen and oxygen atoms in total. The fourth-order valence-electron chi connectivity index (χ4n) is 2.61. The van der Waals surface area contributed by atoms with Crippen molar-refractivity contribution in [1.29, 1.82) is 0 Å². The van der Waals surface area contributed by atoms with E-state index in [1.165, 1.54) is 11.8 Å². The summed E-state index contributed by atoms with van der Waals surface area (Å²) in [5.74, 6) is 0.579. The van der Waals surface area contributed by atoms with Crippen LogP contribution < -0.4 is 11.1 Å². The standard InChI is InChI=1S/C20H22N4O2S/c1-13-8-9-14(2)17(10-13)22-18(25)12-27-20-24-23-19(26-20)16(21)11-15-6-4-3-5-7-15/h3-10,16H,11-12,21H2,1-2H3,(H,22,25)/p+1. The third-order valence-corrected chi connectivity index (χ3v) is 4.91. The van der Waals surface area contributed by atoms with Crippen molar-refractivity contribution < 1.29 is 14.9 Å². The second-order valence-corrected chi connectivity index (χ2v) is 7.37. The largest absolute Gasteiger partial charge is 0.410 e. The zero-order valence-corrected chi connectivity index (χ0v) is 16.3. The maximum absolute atomic E-state index is 12.2. The van der Waals surface area contributed by atoms with Gasteiger partial charge in [0.1, 0.15) is 0 Å². The van der Waals surface area contributed by atoms with E-state index in [0.717, 1.165) is 28.8 Å². The average Bonchev–Trinajstić information content (AvgIpc) is 3.13. The van der Waals surface area contributed by atoms with Crippen molar-refractivity contribution in [1.82, 2.24) is 10.2 Å². The molecule has 0 saturated heterocycles. The molecule has 1 amide bonds. The van der Waals surface area contributed by atoms with E-state index in [9.17, 15) is 4.79 Å². The van der Waals surface area contributed by atoms with Gasteiger partial charge in [0, 0.05) is 12.1 Å². The highest BCUT2D eigenvalue weighted by Gasteiger charge is 2.19. The normalized spacial score (nSPS) is 12.0. The third kappa shape index (κ3) is 5.42. The predicted molar refractivity (Wildman–Crippen MR) is 105 cm³/mol. The molecule has 2 aromatic carbocycles. The topological polar surface area (TPSA) is 95.7 Å². The van der Waals surface area contributed by atoms with Gasteiger partial charge in [-0.3, -0.25) is 4.79 Å². The first-order chi connectivity index (χ1) is 13.0. The first kappa shape index (κ1) is 19.1. The van der Waals surface area contributed by atoms with Crippen molar-refractivity contribution in [3.05, 3.63) is 71.1 Å². The van der Waals surface area contributed by atoms with Crippen LogP contribution in [-0.4, -0.2) is 21.9 Å². The molecular formula is C20H23N4O2S+. The highest BCUT2D eigenvalue weighted by molar-refractivity contribution is 7.99. The van der Waals surface area contributed by atoms with Gasteiger partial charge in [0.2, 0.25) is 5.91 Å². The van der Waals surface area contributed by atoms with Crippen molar-refractivity contribution in [2.45, 2.75) is 31.5 Å². The van der Waals surface area contributed by atoms with E-state index in [1.807, 2.05) is 62.4 Å². The molecular weight excluding hydrogens is 360 g/mol. The van der Waals surface area contributed by atoms with Gasteiger partial charge in [0.15, 0.2) is 6.04 Å². The average molecular weight is 383 g/mol. The summed E-state index contributed by atoms with van der Waals surface area (Å²) in [4.78, 5) is 12.2. The first-order valence-electron chi connectivity index (χ1n) is 8.71. The van der Waals surface area contributed by atoms with Gasteiger partial charge >= 0.3 is 0 Å². The van der Waals surface area contributed by atoms with Crippen LogP contribution in [-0.2, 0) is 11.2 Å². The number of aromatic nitrogens is 2. The van der Waals surface area contributed by atoms with Gasteiger partial charge in [0.05, 0.1) is 5.75 Å². The quantitative estimate of drug-likeness (QED) is 0.612. The zero-order chi connectivity index (χ0) is 19.2. The number of benzene rings is 2. The minimum absolute atomic E-state index is 0.107. The minimum atomic E-state index is -0.127. The second-order valence-electron chi connectivity index (χ2n) is 6.45. The monoisotopic (exact) mass is 383 g/mol. The Bertz CT molecular complexity index is 911. The van der Waals surface area contributed by atoms with Gasteiger partial charge in [-0.1, -0.05) is 54.2 Å². The molecule has 0 aliphatic heterocycles. The number of carbonyl (C=O) groups is 1. The number of hydrogen-bond donors (Lipinski definition) is 2. The number of quaternary nitrogens is 1. The number of carbonyl (C=O) groups excluding carboxylic acids is 1. The van der Waals surface area contributed by atoms with Gasteiger partial charge in [-0.05, 0) is 36.6 Å². The van der Waals surface area contributed by atoms with E-state index in [-0.39, 0.29) is 17.7 Å². The molecule has 4 N–H and O–H groups in total. The van der Waals surface area contributed by atoms with E-state index in [0.29, 0.717) is 11.1 Å². The number of anilines is 1. The Hall–Kier alpha value is -2.64. The summed E-state index contributed by atoms with van der Waals surface area (Å²) in [7, 11) is 0. The Morgan fingerprint density at radius 1 is 1.19 bits per heavy atom. The molecule has 0 spiro atoms. The minimum Gasteiger partial charge on any atom is -0.410 e. The maximum Gasteiger partial charge on any atom is 0.277 e. The molecule has 3 aromatic rings. The zero-order valence-electron chi connectivity index (χ0n) is 15.4. The maximum atomic E-state index is 12.2. The molecule has 27 heavy (non-hydrogen) atoms. The number of rotatable bonds is 7. The molecule has 1 unspecified atom stereocenters. The number of thioether (sulfide) groups is 1. The Morgan fingerprint density at radius 2 is 1.96 bits per heavy atom. The molecule has 1 aromatic heterocycles. The SMILES string of the molecule is Cc1ccc(C)c(NC(=O)CSc2nnc(C([NH3+])Cc3ccccc3)o2)c1. The molecule has 3 rings (SSSR count). The third-order valence-electron chi connectivity index (χ3n) is 4.09. The number of amides is 1. The van der Waals surface area contributed by atoms with Gasteiger partial charge in [0.25, 0.3) is 11.1 Å². The van der Waals surface area contributed by atoms with Crippen LogP contribution in [0.15, 0.2) is 58.2 Å². The van der Waals surface area contributed by atoms with Gasteiger partial charge in [-0.25, -0.2) is 0 Å². The number of hydrogen-bond acceptors (Lipinski definition) is 5. The molecule has 0 saturated carbocycles. The number of aryl methyl sites for hydroxylation is 2. The highest BCUT2D eigenvalue weighted by atomic mass is 32.2. The molecule has 0 radical (unpaired) electrons. The van der Waals surface area contributed by atoms with E-state index in [1.54, 1.807) is 0 Å². The smallest absolute Gasteiger partial charge is 0.277 e. The summed E-state index contributed by atoms with van der Waals surface area (Å²) in [6, 6.07) is 15.9. The van der Waals surface area contributed by atoms with Crippen molar-refractivity contribution in [2.24, 2.45) is 0 Å². The van der Waals surface area contributed by atoms with Crippen LogP contribution in [0.3, 0.4) is 0 Å². The van der Waals surface area contributed by atoms with Crippen LogP contribution in [0.25, 0.3) is 0 Å². The Labute approximate surface area is 162 Å². The van der Waals surface area contributed by atoms with Crippen molar-refractivity contribution in [2.75, 3.05) is 11.1 Å². The molecule has 140 valence electrons. The lowest BCUT2D eigenvalue weighted by Crippen LogP contribution is -2.54. The summed E-state index contributed by atoms with van der Waals surface area (Å²) in [5, 5.41) is 11.4. The predicted octanol–water partition coefficient (Wildman–Crippen LogP) is 2.94. The first-order valence-corrected chi connectivity index (χ1v) is 9.70. The van der Waals surface area contributed by atoms with Crippen molar-refractivity contribution in [3.63, 3.8) is 0 Å². The molecule has 0 aliphatic rings. The molecule has 7 heteroatoms. The number of nitrogens with one attached hydrogen (secondary N) is 1. The van der Waals surface area contributed by atoms with Crippen LogP contribution in [0, 0.1) is 13.8 Å². The van der Waals surface area contributed by atoms with Gasteiger partial charge in [-0.15, -0.1) is 10.2 Å². The van der Waals surface area contributed by atoms with Gasteiger partial charge in [-0.2, -0.15) is 0 Å². The van der Waals surface area contributed by atoms with Crippen LogP contribution in [0.2, 0.25) is 0 Å². The molecule has 1 atom stereocenters. The molecule has 0 fully saturated rings. The van der Waals surface area contributed by atoms with E-state index in [2.05, 4.69) is 21.2 Å². The summed E-state index contributed by atoms with van der Waals surface area (Å²) >= 11 is 1.22. The van der Waals surface area contributed by atoms with E-state index >= 15 is 0 Å². The molecule has 0 bridgehead atoms. The lowest BCUT2D eigenvalue weighted by molar-refractivity contribution is -0.431. The Morgan fingerprint density at radius 3 is 2.74 bits per heavy atom. The Kier molecular flexibility index (Phi) is 6.26. The van der Waals surface area contributed by atoms with Crippen LogP contribution >= 0.6 is 11.8 Å². The second kappa shape index (κ2) is 8.83. The fraction of sp³-hybridized carbons (Fsp3) is 0.250. The summed E-state index contributed by atoms with van der Waals surface area (Å²) < 4.78 is 5.66. The fourth-order valence-corrected chi connectivity index (χ4v) is 3.18. The number of nitrogens with zero attached hydrogens (tertiary/aromatic N) is 2. The van der Waals surface area contributed by atoms with Crippen molar-refractivity contribution >= 4 is 23.4 Å². The molecule has 0 aliphatic carbocycles. The van der Waals surface area contributed by atoms with E-state index < -0.39 is 0 Å². The van der Waals surface area contributed by atoms with Crippen LogP contribution in [0.4, 0.5) is 5.69 Å². The van der Waals surface area contributed by atoms with Crippen LogP contribution in [0.1, 0.15) is 28.6 Å². The van der Waals surface area contributed by atoms with Crippen LogP contribution in [0.5, 0.6) is 0 Å². The summed E-state index contributed by atoms with van der Waals surface area (Å²) in [5.41, 5.74) is 8.22. The lowest BCUT2D eigenvalue weighted by Gasteiger charge is -2.08.